The minimum atomic E-state index is -0.0183. The summed E-state index contributed by atoms with van der Waals surface area (Å²) >= 11 is 5.53. The first-order chi connectivity index (χ1) is 7.65. The van der Waals surface area contributed by atoms with Crippen molar-refractivity contribution in [3.63, 3.8) is 0 Å². The van der Waals surface area contributed by atoms with Gasteiger partial charge in [0.25, 0.3) is 5.91 Å². The van der Waals surface area contributed by atoms with E-state index in [9.17, 15) is 4.79 Å². The fourth-order valence-electron chi connectivity index (χ4n) is 1.20. The van der Waals surface area contributed by atoms with Gasteiger partial charge in [0.1, 0.15) is 0 Å². The number of benzene rings is 1. The molecule has 0 saturated carbocycles. The molecule has 0 aliphatic rings. The van der Waals surface area contributed by atoms with Gasteiger partial charge in [-0.15, -0.1) is 0 Å². The predicted octanol–water partition coefficient (Wildman–Crippen LogP) is 3.75. The summed E-state index contributed by atoms with van der Waals surface area (Å²) in [5, 5.41) is 2.89. The quantitative estimate of drug-likeness (QED) is 0.471. The highest BCUT2D eigenvalue weighted by Crippen LogP contribution is 2.18. The van der Waals surface area contributed by atoms with Gasteiger partial charge in [-0.2, -0.15) is 0 Å². The lowest BCUT2D eigenvalue weighted by molar-refractivity contribution is 0.0953. The number of carbonyl (C=O) groups excluding carboxylic acids is 1. The van der Waals surface area contributed by atoms with Crippen LogP contribution in [-0.4, -0.2) is 12.5 Å². The Bertz CT molecular complexity index is 404. The van der Waals surface area contributed by atoms with Crippen molar-refractivity contribution >= 4 is 44.4 Å². The maximum atomic E-state index is 11.8. The van der Waals surface area contributed by atoms with E-state index in [1.807, 2.05) is 37.3 Å². The lowest BCUT2D eigenvalue weighted by Gasteiger charge is -2.06. The third kappa shape index (κ3) is 4.25. The molecule has 0 aromatic heterocycles. The first kappa shape index (κ1) is 13.7. The Morgan fingerprint density at radius 1 is 1.56 bits per heavy atom. The lowest BCUT2D eigenvalue weighted by atomic mass is 10.2. The van der Waals surface area contributed by atoms with Crippen molar-refractivity contribution in [1.29, 1.82) is 0 Å². The topological polar surface area (TPSA) is 29.1 Å². The van der Waals surface area contributed by atoms with E-state index in [4.69, 9.17) is 0 Å². The molecule has 0 saturated heterocycles. The Morgan fingerprint density at radius 3 is 3.00 bits per heavy atom. The average molecular weight is 394 g/mol. The number of hydrogen-bond acceptors (Lipinski definition) is 1. The normalized spacial score (nSPS) is 10.7. The second-order valence-corrected chi connectivity index (χ2v) is 5.32. The lowest BCUT2D eigenvalue weighted by Crippen LogP contribution is -2.24. The van der Waals surface area contributed by atoms with Gasteiger partial charge < -0.3 is 5.32 Å². The van der Waals surface area contributed by atoms with Gasteiger partial charge in [0, 0.05) is 14.6 Å². The first-order valence-electron chi connectivity index (χ1n) is 4.99. The van der Waals surface area contributed by atoms with Crippen LogP contribution in [0.15, 0.2) is 34.8 Å². The van der Waals surface area contributed by atoms with Crippen molar-refractivity contribution in [3.05, 3.63) is 44.0 Å². The maximum absolute atomic E-state index is 11.8. The van der Waals surface area contributed by atoms with E-state index in [-0.39, 0.29) is 5.91 Å². The summed E-state index contributed by atoms with van der Waals surface area (Å²) in [6, 6.07) is 5.69. The molecule has 1 aromatic carbocycles. The zero-order chi connectivity index (χ0) is 12.0. The van der Waals surface area contributed by atoms with Gasteiger partial charge in [-0.05, 0) is 54.1 Å². The number of carbonyl (C=O) groups is 1. The molecule has 0 spiro atoms. The summed E-state index contributed by atoms with van der Waals surface area (Å²) < 4.78 is 1.89. The zero-order valence-electron chi connectivity index (χ0n) is 8.97. The molecule has 0 unspecified atom stereocenters. The molecule has 1 N–H and O–H groups in total. The molecule has 0 atom stereocenters. The van der Waals surface area contributed by atoms with Gasteiger partial charge in [0.2, 0.25) is 0 Å². The number of hydrogen-bond donors (Lipinski definition) is 1. The molecule has 86 valence electrons. The summed E-state index contributed by atoms with van der Waals surface area (Å²) in [6.07, 6.45) is 4.88. The van der Waals surface area contributed by atoms with Crippen LogP contribution in [0.4, 0.5) is 0 Å². The molecule has 1 aromatic rings. The second kappa shape index (κ2) is 7.06. The van der Waals surface area contributed by atoms with Crippen LogP contribution in [0.25, 0.3) is 0 Å². The summed E-state index contributed by atoms with van der Waals surface area (Å²) in [4.78, 5) is 11.8. The molecule has 1 rings (SSSR count). The molecule has 16 heavy (non-hydrogen) atoms. The first-order valence-corrected chi connectivity index (χ1v) is 6.86. The monoisotopic (exact) mass is 393 g/mol. The van der Waals surface area contributed by atoms with E-state index in [0.29, 0.717) is 6.54 Å². The van der Waals surface area contributed by atoms with Crippen LogP contribution >= 0.6 is 38.5 Å². The highest BCUT2D eigenvalue weighted by molar-refractivity contribution is 14.1. The molecule has 4 heteroatoms. The van der Waals surface area contributed by atoms with Crippen LogP contribution in [0, 0.1) is 3.57 Å². The maximum Gasteiger partial charge on any atom is 0.252 e. The molecule has 0 bridgehead atoms. The molecular formula is C12H13BrINO. The molecule has 0 radical (unpaired) electrons. The number of amides is 1. The number of nitrogens with one attached hydrogen (secondary N) is 1. The van der Waals surface area contributed by atoms with E-state index < -0.39 is 0 Å². The molecule has 0 aliphatic heterocycles. The minimum absolute atomic E-state index is 0.0183. The summed E-state index contributed by atoms with van der Waals surface area (Å²) in [5.41, 5.74) is 0.718. The van der Waals surface area contributed by atoms with E-state index in [1.54, 1.807) is 0 Å². The molecule has 2 nitrogen and oxygen atoms in total. The van der Waals surface area contributed by atoms with Crippen molar-refractivity contribution < 1.29 is 4.79 Å². The van der Waals surface area contributed by atoms with E-state index in [0.717, 1.165) is 20.0 Å². The molecular weight excluding hydrogens is 381 g/mol. The van der Waals surface area contributed by atoms with Gasteiger partial charge in [0.05, 0.1) is 5.56 Å². The van der Waals surface area contributed by atoms with Gasteiger partial charge in [0.15, 0.2) is 0 Å². The Morgan fingerprint density at radius 2 is 2.31 bits per heavy atom. The van der Waals surface area contributed by atoms with Gasteiger partial charge >= 0.3 is 0 Å². The smallest absolute Gasteiger partial charge is 0.252 e. The highest BCUT2D eigenvalue weighted by atomic mass is 127. The van der Waals surface area contributed by atoms with E-state index >= 15 is 0 Å². The summed E-state index contributed by atoms with van der Waals surface area (Å²) in [6.45, 7) is 2.64. The third-order valence-electron chi connectivity index (χ3n) is 2.01. The van der Waals surface area contributed by atoms with E-state index in [2.05, 4.69) is 43.8 Å². The Kier molecular flexibility index (Phi) is 6.05. The van der Waals surface area contributed by atoms with E-state index in [1.165, 1.54) is 0 Å². The van der Waals surface area contributed by atoms with Gasteiger partial charge in [-0.3, -0.25) is 4.79 Å². The Labute approximate surface area is 118 Å². The average Bonchev–Trinajstić information content (AvgIpc) is 2.27. The van der Waals surface area contributed by atoms with Crippen LogP contribution in [0.3, 0.4) is 0 Å². The fraction of sp³-hybridized carbons (Fsp3) is 0.250. The van der Waals surface area contributed by atoms with Crippen molar-refractivity contribution in [3.8, 4) is 0 Å². The van der Waals surface area contributed by atoms with Crippen molar-refractivity contribution in [2.45, 2.75) is 13.3 Å². The molecule has 0 aliphatic carbocycles. The largest absolute Gasteiger partial charge is 0.352 e. The summed E-state index contributed by atoms with van der Waals surface area (Å²) in [7, 11) is 0. The minimum Gasteiger partial charge on any atom is -0.352 e. The number of rotatable bonds is 4. The van der Waals surface area contributed by atoms with Crippen LogP contribution in [0.1, 0.15) is 23.7 Å². The Balaban J connectivity index is 2.62. The zero-order valence-corrected chi connectivity index (χ0v) is 12.7. The molecule has 1 amide bonds. The van der Waals surface area contributed by atoms with Gasteiger partial charge in [-0.1, -0.05) is 28.1 Å². The Hall–Kier alpha value is -0.360. The molecule has 0 heterocycles. The second-order valence-electron chi connectivity index (χ2n) is 3.24. The highest BCUT2D eigenvalue weighted by Gasteiger charge is 2.09. The van der Waals surface area contributed by atoms with Crippen LogP contribution in [-0.2, 0) is 0 Å². The SMILES string of the molecule is C/C=C/CCNC(=O)c1cc(Br)ccc1I. The van der Waals surface area contributed by atoms with Crippen LogP contribution < -0.4 is 5.32 Å². The third-order valence-corrected chi connectivity index (χ3v) is 3.44. The predicted molar refractivity (Wildman–Crippen MR) is 78.6 cm³/mol. The van der Waals surface area contributed by atoms with Crippen molar-refractivity contribution in [2.24, 2.45) is 0 Å². The number of allylic oxidation sites excluding steroid dienone is 1. The number of halogens is 2. The van der Waals surface area contributed by atoms with Crippen LogP contribution in [0.5, 0.6) is 0 Å². The molecule has 0 fully saturated rings. The van der Waals surface area contributed by atoms with Crippen molar-refractivity contribution in [1.82, 2.24) is 5.32 Å². The summed E-state index contributed by atoms with van der Waals surface area (Å²) in [5.74, 6) is -0.0183. The standard InChI is InChI=1S/C12H13BrINO/c1-2-3-4-7-15-12(16)10-8-9(13)5-6-11(10)14/h2-3,5-6,8H,4,7H2,1H3,(H,15,16)/b3-2+. The van der Waals surface area contributed by atoms with Gasteiger partial charge in [-0.25, -0.2) is 0 Å². The van der Waals surface area contributed by atoms with Crippen molar-refractivity contribution in [2.75, 3.05) is 6.54 Å². The fourth-order valence-corrected chi connectivity index (χ4v) is 2.14. The van der Waals surface area contributed by atoms with Crippen LogP contribution in [0.2, 0.25) is 0 Å².